The molecular formula is C18H27N3O. The van der Waals surface area contributed by atoms with Crippen LogP contribution in [0.3, 0.4) is 0 Å². The van der Waals surface area contributed by atoms with Gasteiger partial charge in [-0.15, -0.1) is 0 Å². The normalized spacial score (nSPS) is 17.0. The van der Waals surface area contributed by atoms with E-state index in [0.717, 1.165) is 51.3 Å². The first-order valence-corrected chi connectivity index (χ1v) is 8.07. The fraction of sp³-hybridized carbons (Fsp3) is 0.500. The predicted octanol–water partition coefficient (Wildman–Crippen LogP) is 1.76. The predicted molar refractivity (Wildman–Crippen MR) is 91.8 cm³/mol. The molecule has 0 atom stereocenters. The lowest BCUT2D eigenvalue weighted by Gasteiger charge is -2.32. The third-order valence-electron chi connectivity index (χ3n) is 4.05. The number of piperazine rings is 1. The number of nitrogens with zero attached hydrogens (tertiary/aromatic N) is 2. The number of hydrogen-bond donors (Lipinski definition) is 1. The zero-order valence-corrected chi connectivity index (χ0v) is 13.7. The summed E-state index contributed by atoms with van der Waals surface area (Å²) in [5.41, 5.74) is 2.28. The van der Waals surface area contributed by atoms with Gasteiger partial charge in [0.05, 0.1) is 0 Å². The Kier molecular flexibility index (Phi) is 6.62. The molecular weight excluding hydrogens is 274 g/mol. The largest absolute Gasteiger partial charge is 0.353 e. The second kappa shape index (κ2) is 8.71. The van der Waals surface area contributed by atoms with Crippen LogP contribution in [-0.2, 0) is 4.79 Å². The van der Waals surface area contributed by atoms with Crippen molar-refractivity contribution in [2.24, 2.45) is 0 Å². The molecule has 1 saturated heterocycles. The molecule has 0 radical (unpaired) electrons. The number of likely N-dealkylation sites (N-methyl/N-ethyl adjacent to an activating group) is 1. The molecule has 4 nitrogen and oxygen atoms in total. The lowest BCUT2D eigenvalue weighted by Crippen LogP contribution is -2.45. The number of rotatable bonds is 6. The highest BCUT2D eigenvalue weighted by Crippen LogP contribution is 2.04. The first-order chi connectivity index (χ1) is 10.6. The molecule has 22 heavy (non-hydrogen) atoms. The molecule has 1 fully saturated rings. The van der Waals surface area contributed by atoms with E-state index in [2.05, 4.69) is 29.1 Å². The van der Waals surface area contributed by atoms with Crippen LogP contribution in [0.2, 0.25) is 0 Å². The average molecular weight is 301 g/mol. The second-order valence-electron chi connectivity index (χ2n) is 6.03. The Bertz CT molecular complexity index is 488. The Morgan fingerprint density at radius 3 is 2.55 bits per heavy atom. The summed E-state index contributed by atoms with van der Waals surface area (Å²) in [4.78, 5) is 16.6. The molecule has 2 rings (SSSR count). The fourth-order valence-electron chi connectivity index (χ4n) is 2.49. The van der Waals surface area contributed by atoms with Gasteiger partial charge in [0.2, 0.25) is 5.91 Å². The van der Waals surface area contributed by atoms with E-state index < -0.39 is 0 Å². The fourth-order valence-corrected chi connectivity index (χ4v) is 2.49. The summed E-state index contributed by atoms with van der Waals surface area (Å²) in [5, 5.41) is 2.95. The van der Waals surface area contributed by atoms with Gasteiger partial charge in [0.15, 0.2) is 0 Å². The molecule has 0 saturated carbocycles. The average Bonchev–Trinajstić information content (AvgIpc) is 2.53. The Hall–Kier alpha value is -1.65. The maximum atomic E-state index is 11.8. The Labute approximate surface area is 133 Å². The molecule has 120 valence electrons. The first-order valence-electron chi connectivity index (χ1n) is 8.07. The van der Waals surface area contributed by atoms with E-state index in [1.807, 2.05) is 30.3 Å². The van der Waals surface area contributed by atoms with Crippen LogP contribution in [0.5, 0.6) is 0 Å². The van der Waals surface area contributed by atoms with E-state index in [9.17, 15) is 4.79 Å². The highest BCUT2D eigenvalue weighted by atomic mass is 16.1. The molecule has 0 unspecified atom stereocenters. The summed E-state index contributed by atoms with van der Waals surface area (Å²) < 4.78 is 0. The second-order valence-corrected chi connectivity index (χ2v) is 6.03. The number of aryl methyl sites for hydroxylation is 1. The molecule has 1 aromatic carbocycles. The highest BCUT2D eigenvalue weighted by molar-refractivity contribution is 5.91. The van der Waals surface area contributed by atoms with Crippen molar-refractivity contribution in [3.8, 4) is 0 Å². The Balaban J connectivity index is 1.60. The summed E-state index contributed by atoms with van der Waals surface area (Å²) >= 11 is 0. The van der Waals surface area contributed by atoms with Crippen LogP contribution in [0.4, 0.5) is 0 Å². The minimum Gasteiger partial charge on any atom is -0.353 e. The maximum absolute atomic E-state index is 11.8. The van der Waals surface area contributed by atoms with Crippen molar-refractivity contribution in [3.63, 3.8) is 0 Å². The summed E-state index contributed by atoms with van der Waals surface area (Å²) in [6, 6.07) is 8.14. The molecule has 0 aromatic heterocycles. The topological polar surface area (TPSA) is 35.6 Å². The molecule has 1 aliphatic heterocycles. The summed E-state index contributed by atoms with van der Waals surface area (Å²) in [6.07, 6.45) is 4.48. The van der Waals surface area contributed by atoms with Gasteiger partial charge in [-0.2, -0.15) is 0 Å². The van der Waals surface area contributed by atoms with Crippen LogP contribution >= 0.6 is 0 Å². The molecule has 1 amide bonds. The molecule has 0 aliphatic carbocycles. The van der Waals surface area contributed by atoms with Gasteiger partial charge in [-0.3, -0.25) is 4.79 Å². The van der Waals surface area contributed by atoms with Gasteiger partial charge < -0.3 is 15.1 Å². The number of carbonyl (C=O) groups excluding carboxylic acids is 1. The SMILES string of the molecule is Cc1ccc(/C=C/C(=O)NCCCN2CCN(C)CC2)cc1. The van der Waals surface area contributed by atoms with Gasteiger partial charge in [0, 0.05) is 38.8 Å². The van der Waals surface area contributed by atoms with Crippen LogP contribution in [0.1, 0.15) is 17.5 Å². The van der Waals surface area contributed by atoms with Gasteiger partial charge in [-0.1, -0.05) is 29.8 Å². The van der Waals surface area contributed by atoms with Crippen LogP contribution in [-0.4, -0.2) is 62.0 Å². The van der Waals surface area contributed by atoms with Gasteiger partial charge in [0.1, 0.15) is 0 Å². The first kappa shape index (κ1) is 16.7. The van der Waals surface area contributed by atoms with E-state index in [-0.39, 0.29) is 5.91 Å². The van der Waals surface area contributed by atoms with Gasteiger partial charge in [0.25, 0.3) is 0 Å². The quantitative estimate of drug-likeness (QED) is 0.642. The number of amides is 1. The van der Waals surface area contributed by atoms with Crippen LogP contribution in [0.25, 0.3) is 6.08 Å². The Morgan fingerprint density at radius 1 is 1.18 bits per heavy atom. The third kappa shape index (κ3) is 6.00. The summed E-state index contributed by atoms with van der Waals surface area (Å²) in [5.74, 6) is -0.0149. The van der Waals surface area contributed by atoms with Gasteiger partial charge in [-0.05, 0) is 38.6 Å². The van der Waals surface area contributed by atoms with Crippen LogP contribution < -0.4 is 5.32 Å². The smallest absolute Gasteiger partial charge is 0.243 e. The minimum atomic E-state index is -0.0149. The van der Waals surface area contributed by atoms with Gasteiger partial charge >= 0.3 is 0 Å². The minimum absolute atomic E-state index is 0.0149. The highest BCUT2D eigenvalue weighted by Gasteiger charge is 2.12. The van der Waals surface area contributed by atoms with Crippen molar-refractivity contribution in [1.29, 1.82) is 0 Å². The molecule has 1 aliphatic rings. The van der Waals surface area contributed by atoms with E-state index in [1.165, 1.54) is 5.56 Å². The maximum Gasteiger partial charge on any atom is 0.243 e. The lowest BCUT2D eigenvalue weighted by molar-refractivity contribution is -0.116. The molecule has 1 N–H and O–H groups in total. The third-order valence-corrected chi connectivity index (χ3v) is 4.05. The van der Waals surface area contributed by atoms with E-state index in [1.54, 1.807) is 6.08 Å². The molecule has 0 spiro atoms. The monoisotopic (exact) mass is 301 g/mol. The molecule has 1 aromatic rings. The van der Waals surface area contributed by atoms with E-state index in [4.69, 9.17) is 0 Å². The van der Waals surface area contributed by atoms with Crippen molar-refractivity contribution >= 4 is 12.0 Å². The molecule has 4 heteroatoms. The van der Waals surface area contributed by atoms with E-state index in [0.29, 0.717) is 0 Å². The number of carbonyl (C=O) groups is 1. The lowest BCUT2D eigenvalue weighted by atomic mass is 10.1. The zero-order valence-electron chi connectivity index (χ0n) is 13.7. The van der Waals surface area contributed by atoms with Crippen molar-refractivity contribution in [1.82, 2.24) is 15.1 Å². The van der Waals surface area contributed by atoms with Crippen LogP contribution in [0.15, 0.2) is 30.3 Å². The number of nitrogens with one attached hydrogen (secondary N) is 1. The number of hydrogen-bond acceptors (Lipinski definition) is 3. The molecule has 0 bridgehead atoms. The van der Waals surface area contributed by atoms with Crippen molar-refractivity contribution in [3.05, 3.63) is 41.5 Å². The Morgan fingerprint density at radius 2 is 1.86 bits per heavy atom. The van der Waals surface area contributed by atoms with Crippen molar-refractivity contribution < 1.29 is 4.79 Å². The number of benzene rings is 1. The molecule has 1 heterocycles. The van der Waals surface area contributed by atoms with Crippen LogP contribution in [0, 0.1) is 6.92 Å². The van der Waals surface area contributed by atoms with Crippen molar-refractivity contribution in [2.45, 2.75) is 13.3 Å². The standard InChI is InChI=1S/C18H27N3O/c1-16-4-6-17(7-5-16)8-9-18(22)19-10-3-11-21-14-12-20(2)13-15-21/h4-9H,3,10-15H2,1-2H3,(H,19,22)/b9-8+. The van der Waals surface area contributed by atoms with E-state index >= 15 is 0 Å². The van der Waals surface area contributed by atoms with Gasteiger partial charge in [-0.25, -0.2) is 0 Å². The van der Waals surface area contributed by atoms with Crippen molar-refractivity contribution in [2.75, 3.05) is 46.3 Å². The summed E-state index contributed by atoms with van der Waals surface area (Å²) in [6.45, 7) is 8.42. The summed E-state index contributed by atoms with van der Waals surface area (Å²) in [7, 11) is 2.16. The zero-order chi connectivity index (χ0) is 15.8.